The number of rotatable bonds is 5. The Kier molecular flexibility index (Phi) is 4.50. The zero-order chi connectivity index (χ0) is 14.5. The summed E-state index contributed by atoms with van der Waals surface area (Å²) < 4.78 is 18.0. The van der Waals surface area contributed by atoms with E-state index in [9.17, 15) is 9.18 Å². The maximum atomic E-state index is 12.8. The lowest BCUT2D eigenvalue weighted by Crippen LogP contribution is -2.32. The number of hydrogen-bond acceptors (Lipinski definition) is 3. The second kappa shape index (κ2) is 6.32. The normalized spacial score (nSPS) is 12.2. The Hall–Kier alpha value is -2.17. The van der Waals surface area contributed by atoms with Crippen molar-refractivity contribution in [3.63, 3.8) is 0 Å². The lowest BCUT2D eigenvalue weighted by atomic mass is 10.1. The van der Waals surface area contributed by atoms with Crippen molar-refractivity contribution in [1.82, 2.24) is 10.5 Å². The molecule has 5 heteroatoms. The van der Waals surface area contributed by atoms with Gasteiger partial charge in [0.05, 0.1) is 0 Å². The molecule has 20 heavy (non-hydrogen) atoms. The first-order chi connectivity index (χ1) is 9.60. The highest BCUT2D eigenvalue weighted by atomic mass is 19.1. The molecule has 4 nitrogen and oxygen atoms in total. The van der Waals surface area contributed by atoms with Crippen molar-refractivity contribution in [1.29, 1.82) is 0 Å². The molecule has 0 bridgehead atoms. The summed E-state index contributed by atoms with van der Waals surface area (Å²) in [6, 6.07) is 7.48. The van der Waals surface area contributed by atoms with Gasteiger partial charge in [-0.15, -0.1) is 0 Å². The molecule has 0 unspecified atom stereocenters. The van der Waals surface area contributed by atoms with E-state index < -0.39 is 0 Å². The summed E-state index contributed by atoms with van der Waals surface area (Å²) in [5, 5.41) is 6.60. The monoisotopic (exact) mass is 276 g/mol. The number of hydrogen-bond donors (Lipinski definition) is 1. The molecule has 2 aromatic rings. The topological polar surface area (TPSA) is 55.1 Å². The van der Waals surface area contributed by atoms with Gasteiger partial charge in [0.15, 0.2) is 11.5 Å². The van der Waals surface area contributed by atoms with E-state index in [0.29, 0.717) is 11.3 Å². The van der Waals surface area contributed by atoms with E-state index in [-0.39, 0.29) is 23.5 Å². The van der Waals surface area contributed by atoms with Gasteiger partial charge in [-0.3, -0.25) is 4.79 Å². The summed E-state index contributed by atoms with van der Waals surface area (Å²) in [5.41, 5.74) is 0.909. The lowest BCUT2D eigenvalue weighted by molar-refractivity contribution is 0.0929. The van der Waals surface area contributed by atoms with Crippen LogP contribution in [0.1, 0.15) is 37.2 Å². The fourth-order valence-electron chi connectivity index (χ4n) is 1.94. The zero-order valence-corrected chi connectivity index (χ0v) is 11.5. The van der Waals surface area contributed by atoms with Gasteiger partial charge in [-0.2, -0.15) is 0 Å². The molecule has 1 heterocycles. The van der Waals surface area contributed by atoms with Crippen molar-refractivity contribution in [3.05, 3.63) is 41.8 Å². The third-order valence-electron chi connectivity index (χ3n) is 2.97. The summed E-state index contributed by atoms with van der Waals surface area (Å²) in [7, 11) is 0. The molecule has 0 saturated carbocycles. The first-order valence-corrected chi connectivity index (χ1v) is 6.63. The van der Waals surface area contributed by atoms with Gasteiger partial charge < -0.3 is 9.84 Å². The molecule has 1 aromatic heterocycles. The summed E-state index contributed by atoms with van der Waals surface area (Å²) in [4.78, 5) is 11.9. The molecule has 1 aromatic carbocycles. The van der Waals surface area contributed by atoms with Crippen molar-refractivity contribution in [2.75, 3.05) is 0 Å². The first kappa shape index (κ1) is 14.2. The summed E-state index contributed by atoms with van der Waals surface area (Å²) in [5.74, 6) is -0.138. The van der Waals surface area contributed by atoms with Gasteiger partial charge >= 0.3 is 0 Å². The van der Waals surface area contributed by atoms with Crippen LogP contribution in [-0.2, 0) is 0 Å². The van der Waals surface area contributed by atoms with Crippen molar-refractivity contribution in [2.45, 2.75) is 32.7 Å². The zero-order valence-electron chi connectivity index (χ0n) is 11.5. The number of carbonyl (C=O) groups is 1. The van der Waals surface area contributed by atoms with Crippen molar-refractivity contribution in [2.24, 2.45) is 0 Å². The smallest absolute Gasteiger partial charge is 0.273 e. The Morgan fingerprint density at radius 1 is 1.40 bits per heavy atom. The van der Waals surface area contributed by atoms with Crippen LogP contribution >= 0.6 is 0 Å². The largest absolute Gasteiger partial charge is 0.355 e. The molecule has 0 aliphatic carbocycles. The SMILES string of the molecule is CCC[C@@H](C)NC(=O)c1cc(-c2ccc(F)cc2)on1. The van der Waals surface area contributed by atoms with Crippen LogP contribution in [0, 0.1) is 5.82 Å². The molecule has 0 radical (unpaired) electrons. The van der Waals surface area contributed by atoms with Gasteiger partial charge in [0.25, 0.3) is 5.91 Å². The van der Waals surface area contributed by atoms with Crippen LogP contribution in [-0.4, -0.2) is 17.1 Å². The second-order valence-corrected chi connectivity index (χ2v) is 4.75. The number of aromatic nitrogens is 1. The molecule has 1 N–H and O–H groups in total. The minimum absolute atomic E-state index is 0.0958. The molecule has 1 amide bonds. The first-order valence-electron chi connectivity index (χ1n) is 6.63. The van der Waals surface area contributed by atoms with Gasteiger partial charge in [0, 0.05) is 17.7 Å². The summed E-state index contributed by atoms with van der Waals surface area (Å²) in [6.07, 6.45) is 1.91. The Labute approximate surface area is 117 Å². The van der Waals surface area contributed by atoms with E-state index in [1.807, 2.05) is 6.92 Å². The van der Waals surface area contributed by atoms with Crippen LogP contribution < -0.4 is 5.32 Å². The summed E-state index contributed by atoms with van der Waals surface area (Å²) in [6.45, 7) is 4.01. The number of amides is 1. The molecule has 0 aliphatic heterocycles. The van der Waals surface area contributed by atoms with Crippen LogP contribution in [0.2, 0.25) is 0 Å². The van der Waals surface area contributed by atoms with Gasteiger partial charge in [-0.1, -0.05) is 18.5 Å². The number of carbonyl (C=O) groups excluding carboxylic acids is 1. The van der Waals surface area contributed by atoms with Gasteiger partial charge in [-0.25, -0.2) is 4.39 Å². The fourth-order valence-corrected chi connectivity index (χ4v) is 1.94. The van der Waals surface area contributed by atoms with Crippen LogP contribution in [0.5, 0.6) is 0 Å². The molecule has 106 valence electrons. The van der Waals surface area contributed by atoms with Crippen molar-refractivity contribution < 1.29 is 13.7 Å². The van der Waals surface area contributed by atoms with Crippen molar-refractivity contribution >= 4 is 5.91 Å². The van der Waals surface area contributed by atoms with Gasteiger partial charge in [-0.05, 0) is 37.6 Å². The maximum Gasteiger partial charge on any atom is 0.273 e. The van der Waals surface area contributed by atoms with Crippen LogP contribution in [0.3, 0.4) is 0 Å². The molecule has 0 spiro atoms. The Morgan fingerprint density at radius 3 is 2.75 bits per heavy atom. The van der Waals surface area contributed by atoms with Crippen molar-refractivity contribution in [3.8, 4) is 11.3 Å². The molecule has 0 aliphatic rings. The number of nitrogens with one attached hydrogen (secondary N) is 1. The van der Waals surface area contributed by atoms with E-state index >= 15 is 0 Å². The highest BCUT2D eigenvalue weighted by Crippen LogP contribution is 2.20. The number of halogens is 1. The average molecular weight is 276 g/mol. The molecule has 2 rings (SSSR count). The predicted octanol–water partition coefficient (Wildman–Crippen LogP) is 3.40. The Bertz CT molecular complexity index is 578. The predicted molar refractivity (Wildman–Crippen MR) is 73.7 cm³/mol. The lowest BCUT2D eigenvalue weighted by Gasteiger charge is -2.10. The van der Waals surface area contributed by atoms with Crippen LogP contribution in [0.4, 0.5) is 4.39 Å². The van der Waals surface area contributed by atoms with Crippen LogP contribution in [0.15, 0.2) is 34.9 Å². The highest BCUT2D eigenvalue weighted by Gasteiger charge is 2.15. The minimum atomic E-state index is -0.320. The standard InChI is InChI=1S/C15H17FN2O2/c1-3-4-10(2)17-15(19)13-9-14(20-18-13)11-5-7-12(16)8-6-11/h5-10H,3-4H2,1-2H3,(H,17,19)/t10-/m1/s1. The quantitative estimate of drug-likeness (QED) is 0.910. The number of nitrogens with zero attached hydrogens (tertiary/aromatic N) is 1. The molecular weight excluding hydrogens is 259 g/mol. The maximum absolute atomic E-state index is 12.8. The van der Waals surface area contributed by atoms with Gasteiger partial charge in [0.2, 0.25) is 0 Å². The molecule has 0 fully saturated rings. The Balaban J connectivity index is 2.08. The van der Waals surface area contributed by atoms with E-state index in [0.717, 1.165) is 12.8 Å². The Morgan fingerprint density at radius 2 is 2.10 bits per heavy atom. The third-order valence-corrected chi connectivity index (χ3v) is 2.97. The van der Waals surface area contributed by atoms with Gasteiger partial charge in [0.1, 0.15) is 5.82 Å². The minimum Gasteiger partial charge on any atom is -0.355 e. The molecular formula is C15H17FN2O2. The third kappa shape index (κ3) is 3.44. The van der Waals surface area contributed by atoms with E-state index in [2.05, 4.69) is 17.4 Å². The van der Waals surface area contributed by atoms with E-state index in [1.165, 1.54) is 12.1 Å². The second-order valence-electron chi connectivity index (χ2n) is 4.75. The molecule has 0 saturated heterocycles. The average Bonchev–Trinajstić information content (AvgIpc) is 2.89. The highest BCUT2D eigenvalue weighted by molar-refractivity contribution is 5.93. The fraction of sp³-hybridized carbons (Fsp3) is 0.333. The van der Waals surface area contributed by atoms with E-state index in [1.54, 1.807) is 18.2 Å². The number of benzene rings is 1. The van der Waals surface area contributed by atoms with Crippen LogP contribution in [0.25, 0.3) is 11.3 Å². The molecule has 1 atom stereocenters. The van der Waals surface area contributed by atoms with E-state index in [4.69, 9.17) is 4.52 Å². The summed E-state index contributed by atoms with van der Waals surface area (Å²) >= 11 is 0.